The predicted octanol–water partition coefficient (Wildman–Crippen LogP) is 6.21. The molecule has 1 saturated heterocycles. The summed E-state index contributed by atoms with van der Waals surface area (Å²) in [4.78, 5) is 42.2. The summed E-state index contributed by atoms with van der Waals surface area (Å²) in [5.41, 5.74) is -1.31. The highest BCUT2D eigenvalue weighted by atomic mass is 32.2. The third-order valence-electron chi connectivity index (χ3n) is 7.63. The molecule has 43 heavy (non-hydrogen) atoms. The summed E-state index contributed by atoms with van der Waals surface area (Å²) in [7, 11) is 0. The van der Waals surface area contributed by atoms with Gasteiger partial charge in [-0.15, -0.1) is 11.8 Å². The minimum atomic E-state index is -4.71. The molecule has 0 spiro atoms. The number of hydrogen-bond acceptors (Lipinski definition) is 6. The summed E-state index contributed by atoms with van der Waals surface area (Å²) in [6, 6.07) is 9.94. The second kappa shape index (κ2) is 13.6. The minimum absolute atomic E-state index is 0.0495. The topological polar surface area (TPSA) is 99.8 Å². The van der Waals surface area contributed by atoms with Crippen LogP contribution >= 0.6 is 11.8 Å². The minimum Gasteiger partial charge on any atom is -0.444 e. The Labute approximate surface area is 254 Å². The molecule has 2 aromatic carbocycles. The Morgan fingerprint density at radius 2 is 1.72 bits per heavy atom. The normalized spacial score (nSPS) is 21.0. The molecule has 1 saturated carbocycles. The van der Waals surface area contributed by atoms with Gasteiger partial charge in [-0.1, -0.05) is 25.0 Å². The number of nitrogens with one attached hydrogen (secondary N) is 3. The fourth-order valence-corrected chi connectivity index (χ4v) is 5.96. The number of carbonyl (C=O) groups excluding carboxylic acids is 3. The van der Waals surface area contributed by atoms with Gasteiger partial charge in [-0.05, 0) is 82.2 Å². The summed E-state index contributed by atoms with van der Waals surface area (Å²) in [6.45, 7) is 6.01. The van der Waals surface area contributed by atoms with Crippen molar-refractivity contribution in [3.63, 3.8) is 0 Å². The molecule has 4 rings (SSSR count). The summed E-state index contributed by atoms with van der Waals surface area (Å²) in [5, 5.41) is 8.61. The van der Waals surface area contributed by atoms with Gasteiger partial charge in [0.05, 0.1) is 16.8 Å². The van der Waals surface area contributed by atoms with Crippen LogP contribution in [0.3, 0.4) is 0 Å². The van der Waals surface area contributed by atoms with Crippen LogP contribution in [0.1, 0.15) is 74.4 Å². The van der Waals surface area contributed by atoms with Gasteiger partial charge in [-0.3, -0.25) is 14.9 Å². The molecule has 0 aromatic heterocycles. The van der Waals surface area contributed by atoms with E-state index in [0.717, 1.165) is 43.4 Å². The molecular formula is C31H39F3N4O4S. The number of rotatable bonds is 8. The maximum atomic E-state index is 13.5. The summed E-state index contributed by atoms with van der Waals surface area (Å²) in [6.07, 6.45) is 0.506. The lowest BCUT2D eigenvalue weighted by molar-refractivity contribution is -0.137. The second-order valence-corrected chi connectivity index (χ2v) is 12.8. The lowest BCUT2D eigenvalue weighted by atomic mass is 9.89. The number of benzene rings is 2. The van der Waals surface area contributed by atoms with Gasteiger partial charge in [0.15, 0.2) is 0 Å². The average molecular weight is 621 g/mol. The number of ether oxygens (including phenoxy) is 1. The largest absolute Gasteiger partial charge is 0.444 e. The van der Waals surface area contributed by atoms with E-state index in [1.54, 1.807) is 37.4 Å². The molecule has 2 aromatic rings. The highest BCUT2D eigenvalue weighted by Crippen LogP contribution is 2.33. The van der Waals surface area contributed by atoms with Crippen LogP contribution in [-0.4, -0.2) is 59.3 Å². The highest BCUT2D eigenvalue weighted by molar-refractivity contribution is 7.98. The molecule has 2 aliphatic rings. The van der Waals surface area contributed by atoms with Gasteiger partial charge in [-0.2, -0.15) is 13.2 Å². The Morgan fingerprint density at radius 1 is 1.02 bits per heavy atom. The monoisotopic (exact) mass is 620 g/mol. The van der Waals surface area contributed by atoms with Crippen LogP contribution in [0.5, 0.6) is 0 Å². The fraction of sp³-hybridized carbons (Fsp3) is 0.516. The van der Waals surface area contributed by atoms with Crippen LogP contribution in [0.25, 0.3) is 0 Å². The number of alkyl halides is 3. The Hall–Kier alpha value is -3.25. The summed E-state index contributed by atoms with van der Waals surface area (Å²) < 4.78 is 45.7. The molecule has 3 amide bonds. The zero-order valence-corrected chi connectivity index (χ0v) is 25.7. The molecule has 8 nitrogen and oxygen atoms in total. The van der Waals surface area contributed by atoms with Gasteiger partial charge in [-0.25, -0.2) is 4.79 Å². The van der Waals surface area contributed by atoms with E-state index in [9.17, 15) is 27.6 Å². The van der Waals surface area contributed by atoms with E-state index in [1.807, 2.05) is 6.26 Å². The first-order valence-corrected chi connectivity index (χ1v) is 15.7. The number of anilines is 1. The Morgan fingerprint density at radius 3 is 2.37 bits per heavy atom. The molecule has 234 valence electrons. The zero-order chi connectivity index (χ0) is 31.4. The van der Waals surface area contributed by atoms with Crippen molar-refractivity contribution >= 4 is 35.4 Å². The molecule has 3 N–H and O–H groups in total. The molecule has 0 bridgehead atoms. The summed E-state index contributed by atoms with van der Waals surface area (Å²) in [5.74, 6) is -1.14. The number of hydrogen-bond donors (Lipinski definition) is 3. The van der Waals surface area contributed by atoms with Gasteiger partial charge in [0.2, 0.25) is 5.91 Å². The van der Waals surface area contributed by atoms with Crippen molar-refractivity contribution in [2.45, 2.75) is 94.2 Å². The zero-order valence-electron chi connectivity index (χ0n) is 24.8. The molecule has 3 atom stereocenters. The second-order valence-electron chi connectivity index (χ2n) is 11.9. The highest BCUT2D eigenvalue weighted by Gasteiger charge is 2.41. The Kier molecular flexibility index (Phi) is 10.3. The predicted molar refractivity (Wildman–Crippen MR) is 160 cm³/mol. The Bertz CT molecular complexity index is 1310. The van der Waals surface area contributed by atoms with Gasteiger partial charge in [0, 0.05) is 30.1 Å². The molecule has 1 unspecified atom stereocenters. The molecule has 1 heterocycles. The number of amides is 3. The number of thioether (sulfide) groups is 1. The van der Waals surface area contributed by atoms with E-state index < -0.39 is 40.9 Å². The third kappa shape index (κ3) is 8.66. The van der Waals surface area contributed by atoms with Crippen molar-refractivity contribution in [3.05, 3.63) is 59.2 Å². The van der Waals surface area contributed by atoms with Crippen LogP contribution in [-0.2, 0) is 22.3 Å². The SMILES string of the molecule is CSc1ccc(CN[C@@H]2CCCCC2N2CC[C@H](NC(=O)c3cc(C(F)(F)F)ccc3NC(=O)OC(C)(C)C)C2=O)cc1. The smallest absolute Gasteiger partial charge is 0.416 e. The van der Waals surface area contributed by atoms with E-state index in [1.165, 1.54) is 4.90 Å². The van der Waals surface area contributed by atoms with E-state index in [0.29, 0.717) is 25.6 Å². The van der Waals surface area contributed by atoms with Gasteiger partial charge in [0.25, 0.3) is 5.91 Å². The first kappa shape index (κ1) is 32.7. The van der Waals surface area contributed by atoms with Gasteiger partial charge in [0.1, 0.15) is 11.6 Å². The molecular weight excluding hydrogens is 581 g/mol. The number of nitrogens with zero attached hydrogens (tertiary/aromatic N) is 1. The Balaban J connectivity index is 1.45. The standard InChI is InChI=1S/C31H39F3N4O4S/c1-30(2,3)42-29(41)37-23-14-11-20(31(32,33)34)17-22(23)27(39)36-25-15-16-38(28(25)40)26-8-6-5-7-24(26)35-18-19-9-12-21(43-4)13-10-19/h9-14,17,24-26,35H,5-8,15-16,18H2,1-4H3,(H,36,39)(H,37,41)/t24-,25+,26?/m1/s1. The van der Waals surface area contributed by atoms with E-state index in [4.69, 9.17) is 4.74 Å². The lowest BCUT2D eigenvalue weighted by Crippen LogP contribution is -2.54. The number of carbonyl (C=O) groups is 3. The molecule has 1 aliphatic heterocycles. The van der Waals surface area contributed by atoms with Crippen LogP contribution in [0, 0.1) is 0 Å². The number of halogens is 3. The van der Waals surface area contributed by atoms with Crippen molar-refractivity contribution in [1.82, 2.24) is 15.5 Å². The molecule has 0 radical (unpaired) electrons. The molecule has 2 fully saturated rings. The van der Waals surface area contributed by atoms with Crippen molar-refractivity contribution in [1.29, 1.82) is 0 Å². The fourth-order valence-electron chi connectivity index (χ4n) is 5.55. The first-order chi connectivity index (χ1) is 20.2. The van der Waals surface area contributed by atoms with Crippen LogP contribution in [0.2, 0.25) is 0 Å². The maximum Gasteiger partial charge on any atom is 0.416 e. The van der Waals surface area contributed by atoms with Crippen molar-refractivity contribution in [2.24, 2.45) is 0 Å². The van der Waals surface area contributed by atoms with Crippen molar-refractivity contribution in [2.75, 3.05) is 18.1 Å². The summed E-state index contributed by atoms with van der Waals surface area (Å²) >= 11 is 1.68. The average Bonchev–Trinajstić information content (AvgIpc) is 3.30. The quantitative estimate of drug-likeness (QED) is 0.304. The van der Waals surface area contributed by atoms with Crippen molar-refractivity contribution < 1.29 is 32.3 Å². The van der Waals surface area contributed by atoms with E-state index in [2.05, 4.69) is 40.2 Å². The van der Waals surface area contributed by atoms with E-state index in [-0.39, 0.29) is 23.7 Å². The first-order valence-electron chi connectivity index (χ1n) is 14.4. The van der Waals surface area contributed by atoms with Gasteiger partial charge < -0.3 is 20.3 Å². The lowest BCUT2D eigenvalue weighted by Gasteiger charge is -2.38. The third-order valence-corrected chi connectivity index (χ3v) is 8.37. The van der Waals surface area contributed by atoms with E-state index >= 15 is 0 Å². The number of likely N-dealkylation sites (tertiary alicyclic amines) is 1. The van der Waals surface area contributed by atoms with Crippen LogP contribution in [0.15, 0.2) is 47.4 Å². The van der Waals surface area contributed by atoms with Crippen LogP contribution in [0.4, 0.5) is 23.7 Å². The maximum absolute atomic E-state index is 13.5. The van der Waals surface area contributed by atoms with Crippen LogP contribution < -0.4 is 16.0 Å². The van der Waals surface area contributed by atoms with Gasteiger partial charge >= 0.3 is 12.3 Å². The molecule has 1 aliphatic carbocycles. The molecule has 12 heteroatoms. The van der Waals surface area contributed by atoms with Crippen molar-refractivity contribution in [3.8, 4) is 0 Å².